The van der Waals surface area contributed by atoms with E-state index < -0.39 is 17.5 Å². The summed E-state index contributed by atoms with van der Waals surface area (Å²) in [6, 6.07) is 21.5. The van der Waals surface area contributed by atoms with Crippen LogP contribution in [0.25, 0.3) is 11.0 Å². The minimum absolute atomic E-state index is 0.0859. The van der Waals surface area contributed by atoms with Crippen LogP contribution >= 0.6 is 0 Å². The van der Waals surface area contributed by atoms with Crippen LogP contribution in [0.4, 0.5) is 0 Å². The van der Waals surface area contributed by atoms with E-state index >= 15 is 0 Å². The average molecular weight is 472 g/mol. The first-order valence-corrected chi connectivity index (χ1v) is 11.2. The summed E-state index contributed by atoms with van der Waals surface area (Å²) in [5, 5.41) is 3.27. The number of carbonyl (C=O) groups is 2. The van der Waals surface area contributed by atoms with E-state index in [1.807, 2.05) is 62.4 Å². The van der Waals surface area contributed by atoms with Crippen LogP contribution in [0.15, 0.2) is 82.0 Å². The molecule has 4 aromatic rings. The maximum atomic E-state index is 12.5. The highest BCUT2D eigenvalue weighted by Crippen LogP contribution is 2.22. The zero-order valence-corrected chi connectivity index (χ0v) is 19.5. The minimum Gasteiger partial charge on any atom is -0.482 e. The maximum absolute atomic E-state index is 12.5. The molecule has 7 nitrogen and oxygen atoms in total. The molecule has 0 saturated heterocycles. The number of amides is 1. The molecule has 3 aromatic carbocycles. The van der Waals surface area contributed by atoms with Crippen molar-refractivity contribution in [2.24, 2.45) is 0 Å². The Labute approximate surface area is 202 Å². The Bertz CT molecular complexity index is 1420. The lowest BCUT2D eigenvalue weighted by Crippen LogP contribution is -2.29. The van der Waals surface area contributed by atoms with Gasteiger partial charge in [0.25, 0.3) is 5.91 Å². The second-order valence-electron chi connectivity index (χ2n) is 8.17. The summed E-state index contributed by atoms with van der Waals surface area (Å²) in [6.45, 7) is 3.95. The number of hydrogen-bond donors (Lipinski definition) is 1. The van der Waals surface area contributed by atoms with Gasteiger partial charge in [-0.15, -0.1) is 0 Å². The minimum atomic E-state index is -0.767. The van der Waals surface area contributed by atoms with E-state index in [1.165, 1.54) is 12.1 Å². The first-order chi connectivity index (χ1) is 16.9. The van der Waals surface area contributed by atoms with E-state index in [4.69, 9.17) is 13.9 Å². The number of ether oxygens (including phenoxy) is 2. The van der Waals surface area contributed by atoms with Crippen LogP contribution in [0, 0.1) is 13.8 Å². The fourth-order valence-corrected chi connectivity index (χ4v) is 3.53. The fourth-order valence-electron chi connectivity index (χ4n) is 3.53. The first-order valence-electron chi connectivity index (χ1n) is 11.2. The van der Waals surface area contributed by atoms with Gasteiger partial charge in [0.05, 0.1) is 0 Å². The molecule has 0 spiro atoms. The van der Waals surface area contributed by atoms with Gasteiger partial charge in [0, 0.05) is 18.0 Å². The standard InChI is InChI=1S/C28H25NO6/c1-18-8-9-19(2)24(14-18)33-17-26(30)34-22-11-10-21-15-23(28(32)35-25(21)16-22)27(31)29-13-12-20-6-4-3-5-7-20/h3-11,14-16H,12-13,17H2,1-2H3,(H,29,31). The highest BCUT2D eigenvalue weighted by Gasteiger charge is 2.15. The number of rotatable bonds is 8. The normalized spacial score (nSPS) is 10.7. The Hall–Kier alpha value is -4.39. The lowest BCUT2D eigenvalue weighted by atomic mass is 10.1. The second kappa shape index (κ2) is 10.7. The number of benzene rings is 3. The molecule has 1 heterocycles. The summed E-state index contributed by atoms with van der Waals surface area (Å²) in [5.74, 6) is -0.283. The van der Waals surface area contributed by atoms with E-state index in [1.54, 1.807) is 12.1 Å². The topological polar surface area (TPSA) is 94.8 Å². The summed E-state index contributed by atoms with van der Waals surface area (Å²) in [5.41, 5.74) is 2.37. The Balaban J connectivity index is 1.38. The number of carbonyl (C=O) groups excluding carboxylic acids is 2. The molecule has 1 N–H and O–H groups in total. The van der Waals surface area contributed by atoms with Crippen LogP contribution in [-0.4, -0.2) is 25.0 Å². The van der Waals surface area contributed by atoms with Gasteiger partial charge in [-0.1, -0.05) is 42.5 Å². The largest absolute Gasteiger partial charge is 0.482 e. The Morgan fingerprint density at radius 2 is 1.74 bits per heavy atom. The molecule has 7 heteroatoms. The fraction of sp³-hybridized carbons (Fsp3) is 0.179. The predicted molar refractivity (Wildman–Crippen MR) is 132 cm³/mol. The van der Waals surface area contributed by atoms with Crippen molar-refractivity contribution >= 4 is 22.8 Å². The van der Waals surface area contributed by atoms with Crippen molar-refractivity contribution in [1.29, 1.82) is 0 Å². The Morgan fingerprint density at radius 1 is 0.943 bits per heavy atom. The van der Waals surface area contributed by atoms with E-state index in [-0.39, 0.29) is 23.5 Å². The van der Waals surface area contributed by atoms with Gasteiger partial charge in [-0.25, -0.2) is 9.59 Å². The van der Waals surface area contributed by atoms with Crippen molar-refractivity contribution in [1.82, 2.24) is 5.32 Å². The molecule has 178 valence electrons. The number of esters is 1. The van der Waals surface area contributed by atoms with E-state index in [0.717, 1.165) is 16.7 Å². The summed E-state index contributed by atoms with van der Waals surface area (Å²) in [4.78, 5) is 37.1. The zero-order chi connectivity index (χ0) is 24.8. The zero-order valence-electron chi connectivity index (χ0n) is 19.5. The molecule has 1 amide bonds. The summed E-state index contributed by atoms with van der Waals surface area (Å²) < 4.78 is 16.2. The number of fused-ring (bicyclic) bond motifs is 1. The van der Waals surface area contributed by atoms with Gasteiger partial charge in [-0.2, -0.15) is 0 Å². The van der Waals surface area contributed by atoms with Crippen LogP contribution in [-0.2, 0) is 11.2 Å². The van der Waals surface area contributed by atoms with Gasteiger partial charge in [-0.05, 0) is 61.2 Å². The lowest BCUT2D eigenvalue weighted by Gasteiger charge is -2.10. The van der Waals surface area contributed by atoms with Gasteiger partial charge in [0.2, 0.25) is 0 Å². The van der Waals surface area contributed by atoms with Gasteiger partial charge in [-0.3, -0.25) is 4.79 Å². The molecule has 0 atom stereocenters. The monoisotopic (exact) mass is 471 g/mol. The molecular weight excluding hydrogens is 446 g/mol. The highest BCUT2D eigenvalue weighted by molar-refractivity contribution is 5.96. The molecule has 0 radical (unpaired) electrons. The molecule has 0 unspecified atom stereocenters. The van der Waals surface area contributed by atoms with Crippen molar-refractivity contribution in [2.75, 3.05) is 13.2 Å². The van der Waals surface area contributed by atoms with Gasteiger partial charge >= 0.3 is 11.6 Å². The SMILES string of the molecule is Cc1ccc(C)c(OCC(=O)Oc2ccc3cc(C(=O)NCCc4ccccc4)c(=O)oc3c2)c1. The van der Waals surface area contributed by atoms with Gasteiger partial charge < -0.3 is 19.2 Å². The number of aryl methyl sites for hydroxylation is 2. The Kier molecular flexibility index (Phi) is 7.26. The highest BCUT2D eigenvalue weighted by atomic mass is 16.6. The first kappa shape index (κ1) is 23.8. The van der Waals surface area contributed by atoms with Crippen molar-refractivity contribution in [3.63, 3.8) is 0 Å². The van der Waals surface area contributed by atoms with Gasteiger partial charge in [0.15, 0.2) is 6.61 Å². The molecule has 0 aliphatic rings. The van der Waals surface area contributed by atoms with Crippen molar-refractivity contribution in [3.8, 4) is 11.5 Å². The van der Waals surface area contributed by atoms with Crippen LogP contribution in [0.3, 0.4) is 0 Å². The van der Waals surface area contributed by atoms with Crippen LogP contribution in [0.2, 0.25) is 0 Å². The molecule has 0 aliphatic carbocycles. The molecular formula is C28H25NO6. The van der Waals surface area contributed by atoms with Crippen molar-refractivity contribution in [2.45, 2.75) is 20.3 Å². The predicted octanol–water partition coefficient (Wildman–Crippen LogP) is 4.37. The number of nitrogens with one attached hydrogen (secondary N) is 1. The average Bonchev–Trinajstić information content (AvgIpc) is 2.84. The lowest BCUT2D eigenvalue weighted by molar-refractivity contribution is -0.136. The summed E-state index contributed by atoms with van der Waals surface area (Å²) in [6.07, 6.45) is 0.646. The molecule has 0 fully saturated rings. The van der Waals surface area contributed by atoms with E-state index in [0.29, 0.717) is 24.1 Å². The third-order valence-corrected chi connectivity index (χ3v) is 5.41. The van der Waals surface area contributed by atoms with Crippen LogP contribution < -0.4 is 20.4 Å². The Morgan fingerprint density at radius 3 is 2.54 bits per heavy atom. The van der Waals surface area contributed by atoms with E-state index in [2.05, 4.69) is 5.32 Å². The molecule has 4 rings (SSSR count). The third-order valence-electron chi connectivity index (χ3n) is 5.41. The van der Waals surface area contributed by atoms with Crippen molar-refractivity contribution < 1.29 is 23.5 Å². The number of hydrogen-bond acceptors (Lipinski definition) is 6. The van der Waals surface area contributed by atoms with Crippen LogP contribution in [0.1, 0.15) is 27.0 Å². The molecule has 0 saturated carbocycles. The van der Waals surface area contributed by atoms with Gasteiger partial charge in [0.1, 0.15) is 22.6 Å². The van der Waals surface area contributed by atoms with Crippen molar-refractivity contribution in [3.05, 3.63) is 105 Å². The maximum Gasteiger partial charge on any atom is 0.349 e. The molecule has 35 heavy (non-hydrogen) atoms. The summed E-state index contributed by atoms with van der Waals surface area (Å²) >= 11 is 0. The second-order valence-corrected chi connectivity index (χ2v) is 8.17. The summed E-state index contributed by atoms with van der Waals surface area (Å²) in [7, 11) is 0. The molecule has 0 aliphatic heterocycles. The smallest absolute Gasteiger partial charge is 0.349 e. The third kappa shape index (κ3) is 6.14. The molecule has 1 aromatic heterocycles. The molecule has 0 bridgehead atoms. The van der Waals surface area contributed by atoms with Crippen LogP contribution in [0.5, 0.6) is 11.5 Å². The quantitative estimate of drug-likeness (QED) is 0.233. The van der Waals surface area contributed by atoms with E-state index in [9.17, 15) is 14.4 Å².